The first-order valence-electron chi connectivity index (χ1n) is 6.27. The van der Waals surface area contributed by atoms with Crippen LogP contribution in [0.25, 0.3) is 0 Å². The monoisotopic (exact) mass is 371 g/mol. The lowest BCUT2D eigenvalue weighted by Crippen LogP contribution is -2.10. The number of rotatable bonds is 4. The minimum atomic E-state index is -0.377. The van der Waals surface area contributed by atoms with Crippen molar-refractivity contribution in [1.82, 2.24) is 0 Å². The maximum atomic E-state index is 12.1. The first-order chi connectivity index (χ1) is 9.92. The van der Waals surface area contributed by atoms with Crippen LogP contribution in [-0.4, -0.2) is 18.5 Å². The van der Waals surface area contributed by atoms with Crippen LogP contribution in [0.3, 0.4) is 0 Å². The molecule has 0 atom stereocenters. The molecule has 2 aromatic rings. The van der Waals surface area contributed by atoms with E-state index in [1.165, 1.54) is 11.3 Å². The SMILES string of the molecule is CCOC(=O)c1sc(NC(=O)c2oc(Br)cc2C)cc1C. The Morgan fingerprint density at radius 2 is 2.05 bits per heavy atom. The quantitative estimate of drug-likeness (QED) is 0.819. The van der Waals surface area contributed by atoms with Crippen LogP contribution >= 0.6 is 27.3 Å². The van der Waals surface area contributed by atoms with Gasteiger partial charge in [0.1, 0.15) is 4.88 Å². The maximum absolute atomic E-state index is 12.1. The molecule has 0 bridgehead atoms. The van der Waals surface area contributed by atoms with Gasteiger partial charge in [0, 0.05) is 5.56 Å². The third-order valence-electron chi connectivity index (χ3n) is 2.71. The Labute approximate surface area is 134 Å². The van der Waals surface area contributed by atoms with E-state index in [2.05, 4.69) is 21.2 Å². The summed E-state index contributed by atoms with van der Waals surface area (Å²) in [7, 11) is 0. The van der Waals surface area contributed by atoms with Crippen molar-refractivity contribution < 1.29 is 18.7 Å². The predicted molar refractivity (Wildman–Crippen MR) is 84.1 cm³/mol. The van der Waals surface area contributed by atoms with Gasteiger partial charge in [-0.15, -0.1) is 11.3 Å². The molecule has 0 radical (unpaired) electrons. The number of thiophene rings is 1. The van der Waals surface area contributed by atoms with Crippen molar-refractivity contribution in [1.29, 1.82) is 0 Å². The molecule has 0 aliphatic rings. The Morgan fingerprint density at radius 1 is 1.33 bits per heavy atom. The van der Waals surface area contributed by atoms with Crippen molar-refractivity contribution in [2.45, 2.75) is 20.8 Å². The van der Waals surface area contributed by atoms with E-state index in [-0.39, 0.29) is 17.6 Å². The molecule has 2 heterocycles. The van der Waals surface area contributed by atoms with Crippen LogP contribution in [0.1, 0.15) is 38.3 Å². The first kappa shape index (κ1) is 15.8. The molecule has 0 fully saturated rings. The molecule has 0 unspecified atom stereocenters. The Kier molecular flexibility index (Phi) is 4.84. The van der Waals surface area contributed by atoms with Crippen LogP contribution in [0, 0.1) is 13.8 Å². The molecule has 112 valence electrons. The fraction of sp³-hybridized carbons (Fsp3) is 0.286. The summed E-state index contributed by atoms with van der Waals surface area (Å²) in [4.78, 5) is 24.4. The van der Waals surface area contributed by atoms with Crippen molar-refractivity contribution in [3.05, 3.63) is 38.6 Å². The number of furan rings is 1. The number of aryl methyl sites for hydroxylation is 2. The molecule has 5 nitrogen and oxygen atoms in total. The van der Waals surface area contributed by atoms with E-state index in [1.54, 1.807) is 32.9 Å². The summed E-state index contributed by atoms with van der Waals surface area (Å²) in [5.41, 5.74) is 1.50. The summed E-state index contributed by atoms with van der Waals surface area (Å²) >= 11 is 4.37. The average molecular weight is 372 g/mol. The molecule has 0 saturated heterocycles. The van der Waals surface area contributed by atoms with Gasteiger partial charge in [0.15, 0.2) is 10.4 Å². The topological polar surface area (TPSA) is 68.5 Å². The van der Waals surface area contributed by atoms with Crippen LogP contribution in [0.15, 0.2) is 21.2 Å². The summed E-state index contributed by atoms with van der Waals surface area (Å²) in [5.74, 6) is -0.488. The summed E-state index contributed by atoms with van der Waals surface area (Å²) in [6, 6.07) is 3.46. The number of hydrogen-bond donors (Lipinski definition) is 1. The molecule has 0 aliphatic carbocycles. The highest BCUT2D eigenvalue weighted by Gasteiger charge is 2.19. The number of halogens is 1. The molecule has 0 aromatic carbocycles. The minimum Gasteiger partial charge on any atom is -0.462 e. The summed E-state index contributed by atoms with van der Waals surface area (Å²) in [5, 5.41) is 3.30. The molecular formula is C14H14BrNO4S. The van der Waals surface area contributed by atoms with E-state index in [1.807, 2.05) is 0 Å². The standard InChI is InChI=1S/C14H14BrNO4S/c1-4-19-14(18)12-8(3)6-10(21-12)16-13(17)11-7(2)5-9(15)20-11/h5-6H,4H2,1-3H3,(H,16,17). The highest BCUT2D eigenvalue weighted by molar-refractivity contribution is 9.10. The van der Waals surface area contributed by atoms with Gasteiger partial charge in [-0.05, 0) is 54.4 Å². The van der Waals surface area contributed by atoms with Crippen molar-refractivity contribution in [3.63, 3.8) is 0 Å². The van der Waals surface area contributed by atoms with Gasteiger partial charge < -0.3 is 14.5 Å². The van der Waals surface area contributed by atoms with E-state index >= 15 is 0 Å². The van der Waals surface area contributed by atoms with Gasteiger partial charge in [-0.2, -0.15) is 0 Å². The van der Waals surface area contributed by atoms with Crippen molar-refractivity contribution in [3.8, 4) is 0 Å². The molecule has 1 N–H and O–H groups in total. The Morgan fingerprint density at radius 3 is 2.62 bits per heavy atom. The number of amides is 1. The van der Waals surface area contributed by atoms with Gasteiger partial charge >= 0.3 is 5.97 Å². The molecule has 2 aromatic heterocycles. The van der Waals surface area contributed by atoms with E-state index in [0.717, 1.165) is 11.1 Å². The molecule has 1 amide bonds. The molecular weight excluding hydrogens is 358 g/mol. The van der Waals surface area contributed by atoms with Crippen molar-refractivity contribution in [2.24, 2.45) is 0 Å². The molecule has 0 saturated carbocycles. The van der Waals surface area contributed by atoms with Crippen LogP contribution < -0.4 is 5.32 Å². The van der Waals surface area contributed by atoms with Gasteiger partial charge in [-0.3, -0.25) is 4.79 Å². The van der Waals surface area contributed by atoms with E-state index in [4.69, 9.17) is 9.15 Å². The number of carbonyl (C=O) groups is 2. The zero-order chi connectivity index (χ0) is 15.6. The number of esters is 1. The Hall–Kier alpha value is -1.60. The van der Waals surface area contributed by atoms with Crippen LogP contribution in [0.2, 0.25) is 0 Å². The molecule has 2 rings (SSSR count). The fourth-order valence-corrected chi connectivity index (χ4v) is 3.25. The molecule has 0 aliphatic heterocycles. The number of nitrogens with one attached hydrogen (secondary N) is 1. The normalized spacial score (nSPS) is 10.5. The van der Waals surface area contributed by atoms with E-state index in [9.17, 15) is 9.59 Å². The maximum Gasteiger partial charge on any atom is 0.348 e. The minimum absolute atomic E-state index is 0.241. The lowest BCUT2D eigenvalue weighted by Gasteiger charge is -2.00. The van der Waals surface area contributed by atoms with Gasteiger partial charge in [-0.25, -0.2) is 4.79 Å². The van der Waals surface area contributed by atoms with Gasteiger partial charge in [0.05, 0.1) is 11.6 Å². The van der Waals surface area contributed by atoms with Crippen LogP contribution in [-0.2, 0) is 4.74 Å². The number of ether oxygens (including phenoxy) is 1. The number of carbonyl (C=O) groups excluding carboxylic acids is 2. The highest BCUT2D eigenvalue weighted by Crippen LogP contribution is 2.28. The van der Waals surface area contributed by atoms with Gasteiger partial charge in [0.25, 0.3) is 5.91 Å². The van der Waals surface area contributed by atoms with Crippen LogP contribution in [0.4, 0.5) is 5.00 Å². The van der Waals surface area contributed by atoms with Gasteiger partial charge in [-0.1, -0.05) is 0 Å². The predicted octanol–water partition coefficient (Wildman–Crippen LogP) is 4.15. The molecule has 7 heteroatoms. The van der Waals surface area contributed by atoms with Crippen molar-refractivity contribution in [2.75, 3.05) is 11.9 Å². The second-order valence-electron chi connectivity index (χ2n) is 4.36. The zero-order valence-corrected chi connectivity index (χ0v) is 14.2. The smallest absolute Gasteiger partial charge is 0.348 e. The van der Waals surface area contributed by atoms with E-state index < -0.39 is 0 Å². The zero-order valence-electron chi connectivity index (χ0n) is 11.8. The second kappa shape index (κ2) is 6.44. The summed E-state index contributed by atoms with van der Waals surface area (Å²) in [6.45, 7) is 5.65. The third-order valence-corrected chi connectivity index (χ3v) is 4.23. The average Bonchev–Trinajstić information content (AvgIpc) is 2.92. The first-order valence-corrected chi connectivity index (χ1v) is 7.88. The Bertz CT molecular complexity index is 689. The van der Waals surface area contributed by atoms with E-state index in [0.29, 0.717) is 21.2 Å². The largest absolute Gasteiger partial charge is 0.462 e. The number of hydrogen-bond acceptors (Lipinski definition) is 5. The fourth-order valence-electron chi connectivity index (χ4n) is 1.78. The second-order valence-corrected chi connectivity index (χ2v) is 6.19. The summed E-state index contributed by atoms with van der Waals surface area (Å²) in [6.07, 6.45) is 0. The molecule has 0 spiro atoms. The van der Waals surface area contributed by atoms with Crippen molar-refractivity contribution >= 4 is 44.1 Å². The summed E-state index contributed by atoms with van der Waals surface area (Å²) < 4.78 is 10.8. The molecule has 21 heavy (non-hydrogen) atoms. The third kappa shape index (κ3) is 3.54. The van der Waals surface area contributed by atoms with Crippen LogP contribution in [0.5, 0.6) is 0 Å². The Balaban J connectivity index is 2.17. The number of anilines is 1. The highest BCUT2D eigenvalue weighted by atomic mass is 79.9. The van der Waals surface area contributed by atoms with Gasteiger partial charge in [0.2, 0.25) is 0 Å². The lowest BCUT2D eigenvalue weighted by molar-refractivity contribution is 0.0531. The lowest BCUT2D eigenvalue weighted by atomic mass is 10.2.